The van der Waals surface area contributed by atoms with Crippen LogP contribution in [-0.2, 0) is 9.53 Å². The van der Waals surface area contributed by atoms with Crippen molar-refractivity contribution in [2.24, 2.45) is 17.3 Å². The van der Waals surface area contributed by atoms with E-state index in [1.165, 1.54) is 0 Å². The maximum atomic E-state index is 12.2. The molecule has 1 amide bonds. The summed E-state index contributed by atoms with van der Waals surface area (Å²) in [5, 5.41) is 6.48. The zero-order valence-electron chi connectivity index (χ0n) is 13.6. The van der Waals surface area contributed by atoms with Crippen molar-refractivity contribution < 1.29 is 9.53 Å². The van der Waals surface area contributed by atoms with Crippen LogP contribution in [0, 0.1) is 17.3 Å². The molecule has 2 heterocycles. The van der Waals surface area contributed by atoms with Gasteiger partial charge < -0.3 is 15.4 Å². The number of piperidine rings is 1. The van der Waals surface area contributed by atoms with E-state index in [4.69, 9.17) is 4.74 Å². The van der Waals surface area contributed by atoms with Crippen molar-refractivity contribution in [3.8, 4) is 0 Å². The molecule has 124 valence electrons. The maximum Gasteiger partial charge on any atom is 0.223 e. The van der Waals surface area contributed by atoms with Gasteiger partial charge in [0.2, 0.25) is 5.91 Å². The highest BCUT2D eigenvalue weighted by Crippen LogP contribution is 2.33. The fourth-order valence-electron chi connectivity index (χ4n) is 3.47. The van der Waals surface area contributed by atoms with E-state index >= 15 is 0 Å². The number of nitrogens with one attached hydrogen (secondary N) is 2. The number of amides is 1. The molecule has 21 heavy (non-hydrogen) atoms. The van der Waals surface area contributed by atoms with Gasteiger partial charge in [0.1, 0.15) is 0 Å². The number of carbonyl (C=O) groups is 1. The highest BCUT2D eigenvalue weighted by atomic mass is 35.5. The molecule has 0 bridgehead atoms. The maximum absolute atomic E-state index is 12.2. The topological polar surface area (TPSA) is 50.4 Å². The summed E-state index contributed by atoms with van der Waals surface area (Å²) in [7, 11) is 0. The molecule has 0 radical (unpaired) electrons. The Labute approximate surface area is 135 Å². The molecular formula is C16H31ClN2O2. The van der Waals surface area contributed by atoms with Gasteiger partial charge in [0.25, 0.3) is 0 Å². The molecule has 2 aliphatic heterocycles. The lowest BCUT2D eigenvalue weighted by molar-refractivity contribution is -0.127. The molecule has 2 saturated heterocycles. The molecule has 2 unspecified atom stereocenters. The van der Waals surface area contributed by atoms with E-state index in [-0.39, 0.29) is 35.8 Å². The van der Waals surface area contributed by atoms with E-state index in [1.807, 2.05) is 0 Å². The van der Waals surface area contributed by atoms with Gasteiger partial charge in [-0.15, -0.1) is 12.4 Å². The van der Waals surface area contributed by atoms with Gasteiger partial charge in [-0.3, -0.25) is 4.79 Å². The molecule has 2 N–H and O–H groups in total. The molecule has 2 aliphatic rings. The largest absolute Gasteiger partial charge is 0.377 e. The van der Waals surface area contributed by atoms with Gasteiger partial charge in [-0.1, -0.05) is 20.8 Å². The van der Waals surface area contributed by atoms with Crippen LogP contribution in [0.3, 0.4) is 0 Å². The van der Waals surface area contributed by atoms with Gasteiger partial charge >= 0.3 is 0 Å². The Bertz CT molecular complexity index is 325. The number of hydrogen-bond acceptors (Lipinski definition) is 3. The second kappa shape index (κ2) is 8.35. The number of halogens is 1. The van der Waals surface area contributed by atoms with Gasteiger partial charge in [-0.25, -0.2) is 0 Å². The fraction of sp³-hybridized carbons (Fsp3) is 0.938. The van der Waals surface area contributed by atoms with Crippen LogP contribution < -0.4 is 10.6 Å². The van der Waals surface area contributed by atoms with Crippen molar-refractivity contribution in [1.82, 2.24) is 10.6 Å². The van der Waals surface area contributed by atoms with Crippen LogP contribution in [0.25, 0.3) is 0 Å². The van der Waals surface area contributed by atoms with Crippen LogP contribution in [0.5, 0.6) is 0 Å². The van der Waals surface area contributed by atoms with E-state index in [1.54, 1.807) is 0 Å². The molecule has 2 fully saturated rings. The summed E-state index contributed by atoms with van der Waals surface area (Å²) in [6.45, 7) is 10.2. The molecule has 5 heteroatoms. The molecule has 4 nitrogen and oxygen atoms in total. The van der Waals surface area contributed by atoms with Gasteiger partial charge in [0, 0.05) is 25.0 Å². The van der Waals surface area contributed by atoms with Crippen LogP contribution in [0.1, 0.15) is 46.5 Å². The Morgan fingerprint density at radius 1 is 1.24 bits per heavy atom. The van der Waals surface area contributed by atoms with E-state index < -0.39 is 0 Å². The normalized spacial score (nSPS) is 27.8. The zero-order chi connectivity index (χ0) is 14.6. The molecule has 2 atom stereocenters. The van der Waals surface area contributed by atoms with Gasteiger partial charge in [0.15, 0.2) is 0 Å². The second-order valence-electron chi connectivity index (χ2n) is 7.33. The van der Waals surface area contributed by atoms with Crippen molar-refractivity contribution in [2.75, 3.05) is 26.2 Å². The van der Waals surface area contributed by atoms with E-state index in [2.05, 4.69) is 31.4 Å². The molecule has 0 aromatic heterocycles. The fourth-order valence-corrected chi connectivity index (χ4v) is 3.47. The van der Waals surface area contributed by atoms with E-state index in [9.17, 15) is 4.79 Å². The van der Waals surface area contributed by atoms with Crippen LogP contribution >= 0.6 is 12.4 Å². The summed E-state index contributed by atoms with van der Waals surface area (Å²) >= 11 is 0. The van der Waals surface area contributed by atoms with Gasteiger partial charge in [-0.2, -0.15) is 0 Å². The summed E-state index contributed by atoms with van der Waals surface area (Å²) in [6.07, 6.45) is 4.46. The lowest BCUT2D eigenvalue weighted by Crippen LogP contribution is -2.46. The first-order chi connectivity index (χ1) is 9.48. The molecule has 0 aromatic carbocycles. The summed E-state index contributed by atoms with van der Waals surface area (Å²) in [5.41, 5.74) is 0.143. The quantitative estimate of drug-likeness (QED) is 0.840. The summed E-state index contributed by atoms with van der Waals surface area (Å²) in [5.74, 6) is 0.896. The van der Waals surface area contributed by atoms with Crippen LogP contribution in [0.4, 0.5) is 0 Å². The van der Waals surface area contributed by atoms with Crippen LogP contribution in [-0.4, -0.2) is 38.3 Å². The smallest absolute Gasteiger partial charge is 0.223 e. The number of hydrogen-bond donors (Lipinski definition) is 2. The predicted octanol–water partition coefficient (Wildman–Crippen LogP) is 2.37. The summed E-state index contributed by atoms with van der Waals surface area (Å²) in [4.78, 5) is 12.2. The lowest BCUT2D eigenvalue weighted by Gasteiger charge is -2.40. The molecule has 2 rings (SSSR count). The van der Waals surface area contributed by atoms with E-state index in [0.717, 1.165) is 51.9 Å². The number of ether oxygens (including phenoxy) is 1. The Balaban J connectivity index is 0.00000220. The molecule has 0 aromatic rings. The van der Waals surface area contributed by atoms with Crippen molar-refractivity contribution in [1.29, 1.82) is 0 Å². The van der Waals surface area contributed by atoms with Gasteiger partial charge in [-0.05, 0) is 44.2 Å². The third-order valence-corrected chi connectivity index (χ3v) is 4.55. The highest BCUT2D eigenvalue weighted by molar-refractivity contribution is 5.85. The minimum Gasteiger partial charge on any atom is -0.377 e. The lowest BCUT2D eigenvalue weighted by atomic mass is 9.78. The SMILES string of the molecule is CC(C)(C)C1OCCCC1CNC(=O)C1CCNCC1.Cl. The Hall–Kier alpha value is -0.320. The Morgan fingerprint density at radius 2 is 1.90 bits per heavy atom. The predicted molar refractivity (Wildman–Crippen MR) is 87.8 cm³/mol. The molecular weight excluding hydrogens is 288 g/mol. The first-order valence-electron chi connectivity index (χ1n) is 8.08. The minimum absolute atomic E-state index is 0. The second-order valence-corrected chi connectivity index (χ2v) is 7.33. The highest BCUT2D eigenvalue weighted by Gasteiger charge is 2.35. The average molecular weight is 319 g/mol. The number of rotatable bonds is 3. The van der Waals surface area contributed by atoms with Gasteiger partial charge in [0.05, 0.1) is 6.10 Å². The number of carbonyl (C=O) groups excluding carboxylic acids is 1. The third-order valence-electron chi connectivity index (χ3n) is 4.55. The standard InChI is InChI=1S/C16H30N2O2.ClH/c1-16(2,3)14-13(5-4-10-20-14)11-18-15(19)12-6-8-17-9-7-12;/h12-14,17H,4-11H2,1-3H3,(H,18,19);1H. The van der Waals surface area contributed by atoms with Crippen LogP contribution in [0.15, 0.2) is 0 Å². The first-order valence-corrected chi connectivity index (χ1v) is 8.08. The van der Waals surface area contributed by atoms with Crippen LogP contribution in [0.2, 0.25) is 0 Å². The summed E-state index contributed by atoms with van der Waals surface area (Å²) < 4.78 is 5.97. The molecule has 0 saturated carbocycles. The van der Waals surface area contributed by atoms with E-state index in [0.29, 0.717) is 5.92 Å². The van der Waals surface area contributed by atoms with Crippen molar-refractivity contribution in [2.45, 2.75) is 52.6 Å². The average Bonchev–Trinajstić information content (AvgIpc) is 2.45. The summed E-state index contributed by atoms with van der Waals surface area (Å²) in [6, 6.07) is 0. The zero-order valence-corrected chi connectivity index (χ0v) is 14.4. The van der Waals surface area contributed by atoms with Crippen molar-refractivity contribution >= 4 is 18.3 Å². The molecule has 0 spiro atoms. The molecule has 0 aliphatic carbocycles. The third kappa shape index (κ3) is 5.42. The van der Waals surface area contributed by atoms with Crippen molar-refractivity contribution in [3.63, 3.8) is 0 Å². The van der Waals surface area contributed by atoms with Crippen molar-refractivity contribution in [3.05, 3.63) is 0 Å². The monoisotopic (exact) mass is 318 g/mol. The minimum atomic E-state index is 0. The Morgan fingerprint density at radius 3 is 2.52 bits per heavy atom. The Kier molecular flexibility index (Phi) is 7.45. The first kappa shape index (κ1) is 18.7.